The van der Waals surface area contributed by atoms with Crippen LogP contribution >= 0.6 is 0 Å². The molecule has 7 heteroatoms. The molecular weight excluding hydrogens is 320 g/mol. The topological polar surface area (TPSA) is 92.4 Å². The number of aryl methyl sites for hydroxylation is 1. The van der Waals surface area contributed by atoms with Crippen molar-refractivity contribution < 1.29 is 14.3 Å². The number of hydrogen-bond acceptors (Lipinski definition) is 4. The third-order valence-electron chi connectivity index (χ3n) is 3.22. The van der Waals surface area contributed by atoms with Crippen molar-refractivity contribution in [2.45, 2.75) is 20.3 Å². The van der Waals surface area contributed by atoms with Crippen LogP contribution in [0.3, 0.4) is 0 Å². The van der Waals surface area contributed by atoms with Gasteiger partial charge in [0.15, 0.2) is 0 Å². The van der Waals surface area contributed by atoms with Crippen LogP contribution in [0.15, 0.2) is 42.6 Å². The molecule has 1 heterocycles. The molecule has 25 heavy (non-hydrogen) atoms. The van der Waals surface area contributed by atoms with Crippen LogP contribution in [0.2, 0.25) is 0 Å². The Morgan fingerprint density at radius 2 is 1.84 bits per heavy atom. The zero-order valence-electron chi connectivity index (χ0n) is 14.3. The van der Waals surface area contributed by atoms with Crippen molar-refractivity contribution in [2.75, 3.05) is 18.4 Å². The van der Waals surface area contributed by atoms with Crippen LogP contribution in [0.5, 0.6) is 11.6 Å². The van der Waals surface area contributed by atoms with Gasteiger partial charge in [0.25, 0.3) is 0 Å². The molecule has 132 valence electrons. The highest BCUT2D eigenvalue weighted by molar-refractivity contribution is 5.92. The predicted molar refractivity (Wildman–Crippen MR) is 95.8 cm³/mol. The smallest absolute Gasteiger partial charge is 0.319 e. The highest BCUT2D eigenvalue weighted by atomic mass is 16.5. The Labute approximate surface area is 146 Å². The lowest BCUT2D eigenvalue weighted by Gasteiger charge is -2.09. The number of nitrogens with one attached hydrogen (secondary N) is 3. The Morgan fingerprint density at radius 1 is 1.08 bits per heavy atom. The van der Waals surface area contributed by atoms with Crippen LogP contribution in [0, 0.1) is 6.92 Å². The molecule has 7 nitrogen and oxygen atoms in total. The van der Waals surface area contributed by atoms with E-state index in [0.717, 1.165) is 12.0 Å². The number of aromatic nitrogens is 1. The Balaban J connectivity index is 1.80. The van der Waals surface area contributed by atoms with E-state index in [-0.39, 0.29) is 12.5 Å². The molecule has 0 aliphatic heterocycles. The average molecular weight is 342 g/mol. The molecule has 1 aromatic heterocycles. The molecule has 2 rings (SSSR count). The first kappa shape index (κ1) is 18.3. The van der Waals surface area contributed by atoms with E-state index >= 15 is 0 Å². The minimum absolute atomic E-state index is 0.0755. The van der Waals surface area contributed by atoms with Crippen molar-refractivity contribution in [1.82, 2.24) is 15.6 Å². The van der Waals surface area contributed by atoms with Gasteiger partial charge >= 0.3 is 6.03 Å². The molecule has 0 saturated carbocycles. The molecule has 0 aliphatic carbocycles. The number of carbonyl (C=O) groups is 2. The largest absolute Gasteiger partial charge is 0.439 e. The second-order valence-corrected chi connectivity index (χ2v) is 5.46. The fourth-order valence-corrected chi connectivity index (χ4v) is 1.90. The van der Waals surface area contributed by atoms with Gasteiger partial charge in [-0.2, -0.15) is 0 Å². The first-order chi connectivity index (χ1) is 12.1. The van der Waals surface area contributed by atoms with E-state index in [0.29, 0.717) is 23.9 Å². The van der Waals surface area contributed by atoms with E-state index < -0.39 is 6.03 Å². The van der Waals surface area contributed by atoms with Crippen LogP contribution in [0.25, 0.3) is 0 Å². The number of anilines is 1. The Bertz CT molecular complexity index is 699. The van der Waals surface area contributed by atoms with Crippen LogP contribution in [-0.4, -0.2) is 30.0 Å². The van der Waals surface area contributed by atoms with Crippen molar-refractivity contribution in [2.24, 2.45) is 0 Å². The fraction of sp³-hybridized carbons (Fsp3) is 0.278. The molecule has 2 aromatic rings. The monoisotopic (exact) mass is 342 g/mol. The number of urea groups is 1. The lowest BCUT2D eigenvalue weighted by molar-refractivity contribution is -0.120. The van der Waals surface area contributed by atoms with E-state index in [1.165, 1.54) is 6.20 Å². The maximum Gasteiger partial charge on any atom is 0.319 e. The summed E-state index contributed by atoms with van der Waals surface area (Å²) in [5.41, 5.74) is 1.65. The summed E-state index contributed by atoms with van der Waals surface area (Å²) in [6.45, 7) is 4.48. The Kier molecular flexibility index (Phi) is 6.76. The minimum Gasteiger partial charge on any atom is -0.439 e. The van der Waals surface area contributed by atoms with Crippen molar-refractivity contribution in [3.8, 4) is 11.6 Å². The van der Waals surface area contributed by atoms with E-state index in [4.69, 9.17) is 4.74 Å². The second-order valence-electron chi connectivity index (χ2n) is 5.46. The zero-order valence-corrected chi connectivity index (χ0v) is 14.3. The third kappa shape index (κ3) is 6.50. The number of nitrogens with zero attached hydrogens (tertiary/aromatic N) is 1. The number of rotatable bonds is 7. The summed E-state index contributed by atoms with van der Waals surface area (Å²) in [7, 11) is 0. The normalized spacial score (nSPS) is 10.0. The summed E-state index contributed by atoms with van der Waals surface area (Å²) < 4.78 is 5.62. The first-order valence-electron chi connectivity index (χ1n) is 8.09. The van der Waals surface area contributed by atoms with Gasteiger partial charge in [0.1, 0.15) is 5.75 Å². The Hall–Kier alpha value is -3.09. The molecular formula is C18H22N4O3. The number of hydrogen-bond donors (Lipinski definition) is 3. The SMILES string of the molecule is CCCNC(=O)CNC(=O)Nc1ccc(Oc2ccc(C)cc2)nc1. The molecule has 3 N–H and O–H groups in total. The van der Waals surface area contributed by atoms with Crippen molar-refractivity contribution in [3.05, 3.63) is 48.2 Å². The van der Waals surface area contributed by atoms with E-state index in [2.05, 4.69) is 20.9 Å². The predicted octanol–water partition coefficient (Wildman–Crippen LogP) is 2.83. The molecule has 0 aliphatic rings. The van der Waals surface area contributed by atoms with Crippen LogP contribution < -0.4 is 20.7 Å². The molecule has 3 amide bonds. The van der Waals surface area contributed by atoms with Gasteiger partial charge in [0, 0.05) is 12.6 Å². The van der Waals surface area contributed by atoms with Crippen molar-refractivity contribution in [1.29, 1.82) is 0 Å². The quantitative estimate of drug-likeness (QED) is 0.721. The summed E-state index contributed by atoms with van der Waals surface area (Å²) in [6, 6.07) is 10.5. The van der Waals surface area contributed by atoms with E-state index in [1.54, 1.807) is 12.1 Å². The van der Waals surface area contributed by atoms with Crippen molar-refractivity contribution >= 4 is 17.6 Å². The number of carbonyl (C=O) groups excluding carboxylic acids is 2. The summed E-state index contributed by atoms with van der Waals surface area (Å²) in [5, 5.41) is 7.76. The molecule has 0 radical (unpaired) electrons. The van der Waals surface area contributed by atoms with Gasteiger partial charge in [-0.1, -0.05) is 24.6 Å². The maximum absolute atomic E-state index is 11.7. The van der Waals surface area contributed by atoms with Crippen LogP contribution in [0.1, 0.15) is 18.9 Å². The van der Waals surface area contributed by atoms with Gasteiger partial charge in [-0.25, -0.2) is 9.78 Å². The summed E-state index contributed by atoms with van der Waals surface area (Å²) in [5.74, 6) is 0.889. The van der Waals surface area contributed by atoms with E-state index in [9.17, 15) is 9.59 Å². The summed E-state index contributed by atoms with van der Waals surface area (Å²) >= 11 is 0. The standard InChI is InChI=1S/C18H22N4O3/c1-3-10-19-16(23)12-21-18(24)22-14-6-9-17(20-11-14)25-15-7-4-13(2)5-8-15/h4-9,11H,3,10,12H2,1-2H3,(H,19,23)(H2,21,22,24). The maximum atomic E-state index is 11.7. The number of benzene rings is 1. The number of amides is 3. The molecule has 0 bridgehead atoms. The first-order valence-corrected chi connectivity index (χ1v) is 8.09. The minimum atomic E-state index is -0.472. The number of pyridine rings is 1. The lowest BCUT2D eigenvalue weighted by Crippen LogP contribution is -2.39. The van der Waals surface area contributed by atoms with Crippen molar-refractivity contribution in [3.63, 3.8) is 0 Å². The highest BCUT2D eigenvalue weighted by Crippen LogP contribution is 2.20. The molecule has 0 unspecified atom stereocenters. The van der Waals surface area contributed by atoms with Gasteiger partial charge in [0.05, 0.1) is 18.4 Å². The van der Waals surface area contributed by atoms with Gasteiger partial charge in [-0.3, -0.25) is 4.79 Å². The molecule has 0 spiro atoms. The third-order valence-corrected chi connectivity index (χ3v) is 3.22. The highest BCUT2D eigenvalue weighted by Gasteiger charge is 2.06. The average Bonchev–Trinajstić information content (AvgIpc) is 2.62. The fourth-order valence-electron chi connectivity index (χ4n) is 1.90. The second kappa shape index (κ2) is 9.27. The molecule has 0 fully saturated rings. The van der Waals surface area contributed by atoms with E-state index in [1.807, 2.05) is 38.1 Å². The molecule has 0 saturated heterocycles. The summed E-state index contributed by atoms with van der Waals surface area (Å²) in [6.07, 6.45) is 2.33. The Morgan fingerprint density at radius 3 is 2.48 bits per heavy atom. The lowest BCUT2D eigenvalue weighted by atomic mass is 10.2. The zero-order chi connectivity index (χ0) is 18.1. The van der Waals surface area contributed by atoms with Gasteiger partial charge < -0.3 is 20.7 Å². The molecule has 1 aromatic carbocycles. The van der Waals surface area contributed by atoms with Gasteiger partial charge in [-0.05, 0) is 31.5 Å². The number of ether oxygens (including phenoxy) is 1. The van der Waals surface area contributed by atoms with Crippen LogP contribution in [0.4, 0.5) is 10.5 Å². The van der Waals surface area contributed by atoms with Gasteiger partial charge in [-0.15, -0.1) is 0 Å². The van der Waals surface area contributed by atoms with Crippen LogP contribution in [-0.2, 0) is 4.79 Å². The summed E-state index contributed by atoms with van der Waals surface area (Å²) in [4.78, 5) is 27.3. The molecule has 0 atom stereocenters. The van der Waals surface area contributed by atoms with Gasteiger partial charge in [0.2, 0.25) is 11.8 Å².